The quantitative estimate of drug-likeness (QED) is 0.844. The second-order valence-electron chi connectivity index (χ2n) is 7.03. The topological polar surface area (TPSA) is 46.6 Å². The van der Waals surface area contributed by atoms with Crippen molar-refractivity contribution in [3.63, 3.8) is 0 Å². The lowest BCUT2D eigenvalue weighted by Crippen LogP contribution is -2.39. The predicted molar refractivity (Wildman–Crippen MR) is 96.7 cm³/mol. The highest BCUT2D eigenvalue weighted by Gasteiger charge is 2.54. The van der Waals surface area contributed by atoms with Gasteiger partial charge in [-0.2, -0.15) is 4.31 Å². The molecule has 2 fully saturated rings. The first-order valence-corrected chi connectivity index (χ1v) is 10.2. The highest BCUT2D eigenvalue weighted by Crippen LogP contribution is 2.49. The molecule has 132 valence electrons. The maximum Gasteiger partial charge on any atom is 0.243 e. The molecule has 4 rings (SSSR count). The molecule has 0 spiro atoms. The molecule has 2 aromatic carbocycles. The lowest BCUT2D eigenvalue weighted by molar-refractivity contribution is 0.0800. The number of sulfonamides is 1. The van der Waals surface area contributed by atoms with Gasteiger partial charge in [0.25, 0.3) is 0 Å². The van der Waals surface area contributed by atoms with Crippen LogP contribution in [0.3, 0.4) is 0 Å². The molecule has 0 aromatic heterocycles. The minimum Gasteiger partial charge on any atom is -0.376 e. The maximum atomic E-state index is 13.4. The molecule has 0 aliphatic carbocycles. The van der Waals surface area contributed by atoms with Crippen molar-refractivity contribution in [2.75, 3.05) is 6.61 Å². The van der Waals surface area contributed by atoms with Crippen LogP contribution in [0.1, 0.15) is 30.5 Å². The first kappa shape index (κ1) is 16.8. The van der Waals surface area contributed by atoms with E-state index in [0.29, 0.717) is 11.5 Å². The van der Waals surface area contributed by atoms with Gasteiger partial charge in [0.2, 0.25) is 10.0 Å². The second-order valence-corrected chi connectivity index (χ2v) is 8.88. The molecule has 4 atom stereocenters. The Morgan fingerprint density at radius 2 is 1.72 bits per heavy atom. The van der Waals surface area contributed by atoms with E-state index >= 15 is 0 Å². The van der Waals surface area contributed by atoms with Crippen molar-refractivity contribution < 1.29 is 13.2 Å². The normalized spacial score (nSPS) is 29.7. The lowest BCUT2D eigenvalue weighted by atomic mass is 9.91. The van der Waals surface area contributed by atoms with Crippen LogP contribution in [0.15, 0.2) is 59.5 Å². The molecule has 2 aliphatic rings. The molecular weight excluding hydrogens is 334 g/mol. The highest BCUT2D eigenvalue weighted by atomic mass is 32.2. The molecule has 0 unspecified atom stereocenters. The van der Waals surface area contributed by atoms with Crippen LogP contribution in [0, 0.1) is 12.8 Å². The zero-order valence-electron chi connectivity index (χ0n) is 14.5. The number of hydrogen-bond acceptors (Lipinski definition) is 3. The zero-order chi connectivity index (χ0) is 17.6. The monoisotopic (exact) mass is 357 g/mol. The van der Waals surface area contributed by atoms with Crippen LogP contribution in [0.5, 0.6) is 0 Å². The summed E-state index contributed by atoms with van der Waals surface area (Å²) in [5.41, 5.74) is 2.09. The molecule has 0 radical (unpaired) electrons. The van der Waals surface area contributed by atoms with E-state index in [0.717, 1.165) is 17.5 Å². The third-order valence-electron chi connectivity index (χ3n) is 5.48. The highest BCUT2D eigenvalue weighted by molar-refractivity contribution is 7.89. The van der Waals surface area contributed by atoms with Crippen LogP contribution >= 0.6 is 0 Å². The Balaban J connectivity index is 1.81. The van der Waals surface area contributed by atoms with Gasteiger partial charge in [0.15, 0.2) is 0 Å². The van der Waals surface area contributed by atoms with Gasteiger partial charge in [0.1, 0.15) is 0 Å². The molecule has 4 nitrogen and oxygen atoms in total. The molecule has 2 aliphatic heterocycles. The summed E-state index contributed by atoms with van der Waals surface area (Å²) in [4.78, 5) is 0.353. The molecule has 0 N–H and O–H groups in total. The van der Waals surface area contributed by atoms with Gasteiger partial charge in [-0.3, -0.25) is 0 Å². The summed E-state index contributed by atoms with van der Waals surface area (Å²) in [5, 5.41) is 0. The number of aryl methyl sites for hydroxylation is 1. The number of ether oxygens (including phenoxy) is 1. The Hall–Kier alpha value is -1.69. The van der Waals surface area contributed by atoms with Crippen LogP contribution in [-0.4, -0.2) is 31.5 Å². The van der Waals surface area contributed by atoms with Crippen LogP contribution in [0.4, 0.5) is 0 Å². The van der Waals surface area contributed by atoms with Crippen molar-refractivity contribution in [3.05, 3.63) is 65.7 Å². The van der Waals surface area contributed by atoms with E-state index in [9.17, 15) is 8.42 Å². The van der Waals surface area contributed by atoms with E-state index in [1.807, 2.05) is 56.3 Å². The van der Waals surface area contributed by atoms with Crippen molar-refractivity contribution in [1.29, 1.82) is 0 Å². The van der Waals surface area contributed by atoms with Crippen LogP contribution < -0.4 is 0 Å². The zero-order valence-corrected chi connectivity index (χ0v) is 15.3. The molecule has 0 bridgehead atoms. The Morgan fingerprint density at radius 3 is 2.40 bits per heavy atom. The molecule has 2 saturated heterocycles. The van der Waals surface area contributed by atoms with E-state index < -0.39 is 10.0 Å². The van der Waals surface area contributed by atoms with Gasteiger partial charge in [0, 0.05) is 18.6 Å². The second kappa shape index (κ2) is 6.24. The van der Waals surface area contributed by atoms with Gasteiger partial charge in [-0.05, 0) is 38.0 Å². The lowest BCUT2D eigenvalue weighted by Gasteiger charge is -2.30. The van der Waals surface area contributed by atoms with Gasteiger partial charge in [-0.25, -0.2) is 8.42 Å². The van der Waals surface area contributed by atoms with Gasteiger partial charge >= 0.3 is 0 Å². The smallest absolute Gasteiger partial charge is 0.243 e. The molecular formula is C20H23NO3S. The van der Waals surface area contributed by atoms with E-state index in [1.54, 1.807) is 16.4 Å². The van der Waals surface area contributed by atoms with E-state index in [2.05, 4.69) is 0 Å². The summed E-state index contributed by atoms with van der Waals surface area (Å²) in [5.74, 6) is 0.206. The summed E-state index contributed by atoms with van der Waals surface area (Å²) in [6.45, 7) is 4.64. The number of benzene rings is 2. The summed E-state index contributed by atoms with van der Waals surface area (Å²) in [6.07, 6.45) is 0.861. The van der Waals surface area contributed by atoms with E-state index in [-0.39, 0.29) is 24.1 Å². The Morgan fingerprint density at radius 1 is 1.04 bits per heavy atom. The number of nitrogens with zero attached hydrogens (tertiary/aromatic N) is 1. The van der Waals surface area contributed by atoms with Crippen molar-refractivity contribution in [1.82, 2.24) is 4.31 Å². The number of hydrogen-bond donors (Lipinski definition) is 0. The van der Waals surface area contributed by atoms with Crippen molar-refractivity contribution in [3.8, 4) is 0 Å². The van der Waals surface area contributed by atoms with Crippen LogP contribution in [0.2, 0.25) is 0 Å². The average molecular weight is 357 g/mol. The molecule has 0 amide bonds. The first-order chi connectivity index (χ1) is 12.0. The SMILES string of the molecule is Cc1ccc(S(=O)(=O)N2[C@H](C)[C@@H]3OCC[C@@H]3[C@H]2c2ccccc2)cc1. The van der Waals surface area contributed by atoms with Crippen LogP contribution in [0.25, 0.3) is 0 Å². The summed E-state index contributed by atoms with van der Waals surface area (Å²) in [6, 6.07) is 16.7. The van der Waals surface area contributed by atoms with Gasteiger partial charge in [-0.15, -0.1) is 0 Å². The maximum absolute atomic E-state index is 13.4. The molecule has 2 aromatic rings. The van der Waals surface area contributed by atoms with E-state index in [1.165, 1.54) is 0 Å². The third-order valence-corrected chi connectivity index (χ3v) is 7.46. The minimum absolute atomic E-state index is 0.0366. The average Bonchev–Trinajstić information content (AvgIpc) is 3.18. The summed E-state index contributed by atoms with van der Waals surface area (Å²) < 4.78 is 34.5. The fraction of sp³-hybridized carbons (Fsp3) is 0.400. The third kappa shape index (κ3) is 2.71. The minimum atomic E-state index is -3.59. The fourth-order valence-electron chi connectivity index (χ4n) is 4.29. The summed E-state index contributed by atoms with van der Waals surface area (Å²) >= 11 is 0. The van der Waals surface area contributed by atoms with Gasteiger partial charge in [-0.1, -0.05) is 48.0 Å². The van der Waals surface area contributed by atoms with Crippen molar-refractivity contribution in [2.24, 2.45) is 5.92 Å². The predicted octanol–water partition coefficient (Wildman–Crippen LogP) is 3.53. The number of rotatable bonds is 3. The summed E-state index contributed by atoms with van der Waals surface area (Å²) in [7, 11) is -3.59. The van der Waals surface area contributed by atoms with Crippen molar-refractivity contribution in [2.45, 2.75) is 43.4 Å². The van der Waals surface area contributed by atoms with E-state index in [4.69, 9.17) is 4.74 Å². The fourth-order valence-corrected chi connectivity index (χ4v) is 6.15. The Labute approximate surface area is 149 Å². The Kier molecular flexibility index (Phi) is 4.18. The molecule has 0 saturated carbocycles. The van der Waals surface area contributed by atoms with Crippen molar-refractivity contribution >= 4 is 10.0 Å². The van der Waals surface area contributed by atoms with Gasteiger partial charge < -0.3 is 4.74 Å². The molecule has 2 heterocycles. The molecule has 25 heavy (non-hydrogen) atoms. The van der Waals surface area contributed by atoms with Crippen LogP contribution in [-0.2, 0) is 14.8 Å². The largest absolute Gasteiger partial charge is 0.376 e. The molecule has 5 heteroatoms. The standard InChI is InChI=1S/C20H23NO3S/c1-14-8-10-17(11-9-14)25(22,23)21-15(2)20-18(12-13-24-20)19(21)16-6-4-3-5-7-16/h3-11,15,18-20H,12-13H2,1-2H3/t15-,18-,19-,20+/m1/s1. The first-order valence-electron chi connectivity index (χ1n) is 8.77. The Bertz CT molecular complexity index is 848. The van der Waals surface area contributed by atoms with Gasteiger partial charge in [0.05, 0.1) is 17.0 Å². The number of fused-ring (bicyclic) bond motifs is 1.